The van der Waals surface area contributed by atoms with Crippen molar-refractivity contribution in [2.45, 2.75) is 26.4 Å². The summed E-state index contributed by atoms with van der Waals surface area (Å²) in [7, 11) is 3.82. The summed E-state index contributed by atoms with van der Waals surface area (Å²) in [5.41, 5.74) is 3.11. The van der Waals surface area contributed by atoms with E-state index in [1.54, 1.807) is 11.6 Å². The fraction of sp³-hybridized carbons (Fsp3) is 0.286. The predicted molar refractivity (Wildman–Crippen MR) is 107 cm³/mol. The molecule has 0 saturated carbocycles. The van der Waals surface area contributed by atoms with Crippen molar-refractivity contribution < 1.29 is 0 Å². The molecule has 2 aromatic heterocycles. The molecule has 6 heteroatoms. The average molecular weight is 361 g/mol. The highest BCUT2D eigenvalue weighted by molar-refractivity contribution is 5.81. The molecule has 0 amide bonds. The average Bonchev–Trinajstić information content (AvgIpc) is 3.10. The lowest BCUT2D eigenvalue weighted by Gasteiger charge is -2.24. The first-order valence-electron chi connectivity index (χ1n) is 9.06. The number of aromatic nitrogens is 4. The van der Waals surface area contributed by atoms with E-state index in [9.17, 15) is 4.79 Å². The van der Waals surface area contributed by atoms with Crippen LogP contribution in [0.25, 0.3) is 16.7 Å². The van der Waals surface area contributed by atoms with Gasteiger partial charge in [0.2, 0.25) is 5.78 Å². The molecule has 4 aromatic rings. The summed E-state index contributed by atoms with van der Waals surface area (Å²) in [5, 5.41) is 9.37. The minimum Gasteiger partial charge on any atom is -0.292 e. The van der Waals surface area contributed by atoms with Crippen molar-refractivity contribution in [3.63, 3.8) is 0 Å². The number of aryl methyl sites for hydroxylation is 2. The van der Waals surface area contributed by atoms with Crippen LogP contribution in [0.3, 0.4) is 0 Å². The van der Waals surface area contributed by atoms with Gasteiger partial charge in [-0.1, -0.05) is 42.0 Å². The van der Waals surface area contributed by atoms with Crippen LogP contribution in [0.4, 0.5) is 0 Å². The highest BCUT2D eigenvalue weighted by atomic mass is 16.1. The van der Waals surface area contributed by atoms with Gasteiger partial charge in [-0.3, -0.25) is 18.7 Å². The molecule has 0 N–H and O–H groups in total. The van der Waals surface area contributed by atoms with Crippen LogP contribution in [0.1, 0.15) is 29.9 Å². The van der Waals surface area contributed by atoms with Gasteiger partial charge < -0.3 is 0 Å². The molecule has 4 rings (SSSR count). The van der Waals surface area contributed by atoms with E-state index in [2.05, 4.69) is 53.3 Å². The third kappa shape index (κ3) is 2.92. The highest BCUT2D eigenvalue weighted by Gasteiger charge is 2.18. The Morgan fingerprint density at radius 1 is 1.11 bits per heavy atom. The fourth-order valence-electron chi connectivity index (χ4n) is 3.51. The molecule has 0 aliphatic rings. The number of rotatable bonds is 4. The third-order valence-corrected chi connectivity index (χ3v) is 5.27. The molecule has 0 radical (unpaired) electrons. The maximum atomic E-state index is 12.7. The minimum absolute atomic E-state index is 0.0499. The van der Waals surface area contributed by atoms with Crippen molar-refractivity contribution in [3.05, 3.63) is 75.8 Å². The quantitative estimate of drug-likeness (QED) is 0.560. The van der Waals surface area contributed by atoms with Gasteiger partial charge in [0.25, 0.3) is 5.56 Å². The van der Waals surface area contributed by atoms with Crippen molar-refractivity contribution in [2.75, 3.05) is 7.05 Å². The summed E-state index contributed by atoms with van der Waals surface area (Å²) < 4.78 is 3.56. The summed E-state index contributed by atoms with van der Waals surface area (Å²) in [6.45, 7) is 4.79. The predicted octanol–water partition coefficient (Wildman–Crippen LogP) is 3.08. The summed E-state index contributed by atoms with van der Waals surface area (Å²) in [6, 6.07) is 16.5. The number of nitrogens with zero attached hydrogens (tertiary/aromatic N) is 5. The van der Waals surface area contributed by atoms with E-state index in [1.165, 1.54) is 5.56 Å². The van der Waals surface area contributed by atoms with Crippen LogP contribution >= 0.6 is 0 Å². The summed E-state index contributed by atoms with van der Waals surface area (Å²) in [5.74, 6) is 1.38. The standard InChI is InChI=1S/C21H23N5O/c1-14-10-11-18-17(12-14)20(27)25(4)21-23-22-19(26(18)21)13-24(3)15(2)16-8-6-5-7-9-16/h5-12,15H,13H2,1-4H3. The molecule has 138 valence electrons. The molecule has 1 unspecified atom stereocenters. The monoisotopic (exact) mass is 361 g/mol. The Morgan fingerprint density at radius 2 is 1.85 bits per heavy atom. The van der Waals surface area contributed by atoms with E-state index in [1.807, 2.05) is 35.6 Å². The van der Waals surface area contributed by atoms with E-state index in [-0.39, 0.29) is 11.6 Å². The molecule has 6 nitrogen and oxygen atoms in total. The first kappa shape index (κ1) is 17.4. The molecule has 0 fully saturated rings. The zero-order chi connectivity index (χ0) is 19.1. The molecule has 0 bridgehead atoms. The first-order chi connectivity index (χ1) is 13.0. The summed E-state index contributed by atoms with van der Waals surface area (Å²) in [4.78, 5) is 14.9. The number of hydrogen-bond donors (Lipinski definition) is 0. The summed E-state index contributed by atoms with van der Waals surface area (Å²) in [6.07, 6.45) is 0. The Bertz CT molecular complexity index is 1180. The van der Waals surface area contributed by atoms with Gasteiger partial charge in [-0.15, -0.1) is 10.2 Å². The second-order valence-electron chi connectivity index (χ2n) is 7.14. The van der Waals surface area contributed by atoms with Gasteiger partial charge in [0.1, 0.15) is 0 Å². The summed E-state index contributed by atoms with van der Waals surface area (Å²) >= 11 is 0. The molecule has 0 aliphatic heterocycles. The van der Waals surface area contributed by atoms with E-state index in [0.29, 0.717) is 17.7 Å². The molecule has 0 saturated heterocycles. The van der Waals surface area contributed by atoms with Gasteiger partial charge in [0.15, 0.2) is 5.82 Å². The normalized spacial score (nSPS) is 12.9. The Morgan fingerprint density at radius 3 is 2.59 bits per heavy atom. The van der Waals surface area contributed by atoms with Crippen LogP contribution < -0.4 is 5.56 Å². The highest BCUT2D eigenvalue weighted by Crippen LogP contribution is 2.21. The van der Waals surface area contributed by atoms with Crippen LogP contribution in [-0.4, -0.2) is 31.1 Å². The Balaban J connectivity index is 1.81. The lowest BCUT2D eigenvalue weighted by atomic mass is 10.1. The van der Waals surface area contributed by atoms with Crippen molar-refractivity contribution in [1.29, 1.82) is 0 Å². The van der Waals surface area contributed by atoms with Crippen molar-refractivity contribution >= 4 is 16.7 Å². The largest absolute Gasteiger partial charge is 0.292 e. The molecule has 1 atom stereocenters. The molecule has 2 aromatic carbocycles. The lowest BCUT2D eigenvalue weighted by Crippen LogP contribution is -2.24. The maximum Gasteiger partial charge on any atom is 0.262 e. The minimum atomic E-state index is -0.0499. The molecule has 27 heavy (non-hydrogen) atoms. The molecule has 0 aliphatic carbocycles. The Hall–Kier alpha value is -2.99. The van der Waals surface area contributed by atoms with Crippen LogP contribution in [0, 0.1) is 6.92 Å². The van der Waals surface area contributed by atoms with Crippen molar-refractivity contribution in [1.82, 2.24) is 24.1 Å². The molecule has 2 heterocycles. The number of fused-ring (bicyclic) bond motifs is 3. The van der Waals surface area contributed by atoms with E-state index in [4.69, 9.17) is 0 Å². The van der Waals surface area contributed by atoms with Gasteiger partial charge >= 0.3 is 0 Å². The van der Waals surface area contributed by atoms with Gasteiger partial charge in [0.05, 0.1) is 17.4 Å². The second-order valence-corrected chi connectivity index (χ2v) is 7.14. The van der Waals surface area contributed by atoms with Crippen LogP contribution in [0.5, 0.6) is 0 Å². The van der Waals surface area contributed by atoms with Gasteiger partial charge in [-0.2, -0.15) is 0 Å². The first-order valence-corrected chi connectivity index (χ1v) is 9.06. The van der Waals surface area contributed by atoms with E-state index >= 15 is 0 Å². The van der Waals surface area contributed by atoms with Crippen LogP contribution in [0.15, 0.2) is 53.3 Å². The Labute approximate surface area is 157 Å². The number of hydrogen-bond acceptors (Lipinski definition) is 4. The molecular formula is C21H23N5O. The molecule has 0 spiro atoms. The lowest BCUT2D eigenvalue weighted by molar-refractivity contribution is 0.246. The van der Waals surface area contributed by atoms with Gasteiger partial charge in [0, 0.05) is 13.1 Å². The third-order valence-electron chi connectivity index (χ3n) is 5.27. The zero-order valence-corrected chi connectivity index (χ0v) is 16.0. The van der Waals surface area contributed by atoms with Gasteiger partial charge in [-0.25, -0.2) is 0 Å². The second kappa shape index (κ2) is 6.63. The fourth-order valence-corrected chi connectivity index (χ4v) is 3.51. The van der Waals surface area contributed by atoms with E-state index < -0.39 is 0 Å². The van der Waals surface area contributed by atoms with Crippen molar-refractivity contribution in [2.24, 2.45) is 7.05 Å². The SMILES string of the molecule is Cc1ccc2c(c1)c(=O)n(C)c1nnc(CN(C)C(C)c3ccccc3)n21. The zero-order valence-electron chi connectivity index (χ0n) is 16.0. The molecular weight excluding hydrogens is 338 g/mol. The number of benzene rings is 2. The smallest absolute Gasteiger partial charge is 0.262 e. The van der Waals surface area contributed by atoms with Crippen molar-refractivity contribution in [3.8, 4) is 0 Å². The van der Waals surface area contributed by atoms with E-state index in [0.717, 1.165) is 16.9 Å². The van der Waals surface area contributed by atoms with Crippen LogP contribution in [0.2, 0.25) is 0 Å². The topological polar surface area (TPSA) is 55.4 Å². The van der Waals surface area contributed by atoms with Gasteiger partial charge in [-0.05, 0) is 38.6 Å². The maximum absolute atomic E-state index is 12.7. The Kier molecular flexibility index (Phi) is 4.28. The van der Waals surface area contributed by atoms with Crippen LogP contribution in [-0.2, 0) is 13.6 Å².